The van der Waals surface area contributed by atoms with E-state index in [0.29, 0.717) is 70.0 Å². The number of hydrogen-bond acceptors (Lipinski definition) is 19. The van der Waals surface area contributed by atoms with Crippen LogP contribution in [0.1, 0.15) is 344 Å². The van der Waals surface area contributed by atoms with Crippen LogP contribution in [-0.4, -0.2) is 98.1 Å². The molecule has 0 atom stereocenters. The lowest BCUT2D eigenvalue weighted by molar-refractivity contribution is -0.0535. The highest BCUT2D eigenvalue weighted by atomic mass is 32.2. The average molecular weight is 2150 g/mol. The normalized spacial score (nSPS) is 11.9. The Morgan fingerprint density at radius 3 is 0.833 bits per heavy atom. The molecule has 0 aliphatic heterocycles. The number of methoxy groups -OCH3 is 2. The molecule has 11 rings (SSSR count). The van der Waals surface area contributed by atoms with Crippen LogP contribution < -0.4 is 28.4 Å². The lowest BCUT2D eigenvalue weighted by Gasteiger charge is -2.33. The van der Waals surface area contributed by atoms with Gasteiger partial charge in [0.25, 0.3) is 0 Å². The number of aryl methyl sites for hydroxylation is 2. The van der Waals surface area contributed by atoms with Gasteiger partial charge in [-0.3, -0.25) is 0 Å². The number of unbranched alkanes of at least 4 members (excludes halogenated alkanes) is 16. The van der Waals surface area contributed by atoms with Crippen molar-refractivity contribution in [2.45, 2.75) is 384 Å². The lowest BCUT2D eigenvalue weighted by Crippen LogP contribution is -2.38. The van der Waals surface area contributed by atoms with Crippen molar-refractivity contribution in [1.82, 2.24) is 10.1 Å². The molecule has 0 amide bonds. The first-order chi connectivity index (χ1) is 70.4. The molecule has 0 aliphatic rings. The highest BCUT2D eigenvalue weighted by Gasteiger charge is 2.35. The maximum atomic E-state index is 14.9. The van der Waals surface area contributed by atoms with Gasteiger partial charge < -0.3 is 32.8 Å². The van der Waals surface area contributed by atoms with Crippen LogP contribution in [0.15, 0.2) is 284 Å². The summed E-state index contributed by atoms with van der Waals surface area (Å²) in [6.45, 7) is 48.9. The molecule has 0 unspecified atom stereocenters. The van der Waals surface area contributed by atoms with Gasteiger partial charge in [-0.2, -0.15) is 35.5 Å². The van der Waals surface area contributed by atoms with Crippen molar-refractivity contribution < 1.29 is 75.1 Å². The molecule has 150 heavy (non-hydrogen) atoms. The number of hydroxylamine groups is 4. The molecule has 0 aromatic heterocycles. The zero-order chi connectivity index (χ0) is 109. The minimum absolute atomic E-state index is 0. The van der Waals surface area contributed by atoms with Crippen molar-refractivity contribution in [3.8, 4) is 51.7 Å². The van der Waals surface area contributed by atoms with E-state index >= 15 is 0 Å². The van der Waals surface area contributed by atoms with Crippen LogP contribution in [0.4, 0.5) is 0 Å². The van der Waals surface area contributed by atoms with E-state index in [1.54, 1.807) is 87.0 Å². The van der Waals surface area contributed by atoms with E-state index < -0.39 is 78.6 Å². The molecule has 19 nitrogen and oxygen atoms in total. The molecule has 0 N–H and O–H groups in total. The summed E-state index contributed by atoms with van der Waals surface area (Å²) in [7, 11) is -16.2. The molecule has 0 saturated heterocycles. The number of nitrogens with zero attached hydrogens (tertiary/aromatic N) is 2. The maximum absolute atomic E-state index is 14.9. The number of hydrogen-bond donors (Lipinski definition) is 0. The molecule has 24 heteroatoms. The van der Waals surface area contributed by atoms with E-state index in [1.807, 2.05) is 132 Å². The molecule has 0 aliphatic carbocycles. The molecule has 11 aromatic carbocycles. The fraction of sp³-hybridized carbons (Fsp3) is 0.476. The SMILES string of the molecule is C.C.CCCCC.CCCCCCCC.CCCCCCCC.CCCCN(CCCC)OS(=O)(=O)c1cc(S(=O)(=O)c2ccc(Oc3ccc(C(C)(C)c4ccc(OC)cc4)cc3)c(S(=O)(=O)ON(CCCC)CCCC)c2)ccc1Oc1ccc(C(C)(C)c2ccc(OC)cc2)cc1.Cc1ccc(S(=O)(=O)c2ccc(Oc3ccc(C(C)(C)c4ccc(OCc5ccc(CCC(C)(C)O[Si](C)(C)C)cc5)cc4)cc3)cc2)cc1. The van der Waals surface area contributed by atoms with Crippen molar-refractivity contribution in [2.75, 3.05) is 40.4 Å². The average Bonchev–Trinajstić information content (AvgIpc) is 0.755. The van der Waals surface area contributed by atoms with Crippen molar-refractivity contribution in [2.24, 2.45) is 0 Å². The molecule has 0 radical (unpaired) electrons. The molecule has 0 fully saturated rings. The van der Waals surface area contributed by atoms with Gasteiger partial charge >= 0.3 is 20.2 Å². The predicted octanol–water partition coefficient (Wildman–Crippen LogP) is 35.1. The van der Waals surface area contributed by atoms with Gasteiger partial charge in [-0.15, -0.1) is 0 Å². The molecule has 826 valence electrons. The first-order valence-electron chi connectivity index (χ1n) is 53.9. The third-order valence-electron chi connectivity index (χ3n) is 26.2. The second-order valence-corrected chi connectivity index (χ2v) is 52.7. The Bertz CT molecular complexity index is 5930. The Hall–Kier alpha value is -9.96. The monoisotopic (exact) mass is 2150 g/mol. The number of benzene rings is 11. The van der Waals surface area contributed by atoms with Gasteiger partial charge in [0, 0.05) is 42.4 Å². The summed E-state index contributed by atoms with van der Waals surface area (Å²) in [5.41, 5.74) is 8.57. The summed E-state index contributed by atoms with van der Waals surface area (Å²) in [5.74, 6) is 3.76. The maximum Gasteiger partial charge on any atom is 0.316 e. The number of ether oxygens (including phenoxy) is 6. The quantitative estimate of drug-likeness (QED) is 0.0196. The minimum Gasteiger partial charge on any atom is -0.497 e. The first kappa shape index (κ1) is 130. The van der Waals surface area contributed by atoms with Gasteiger partial charge in [0.05, 0.1) is 39.4 Å². The summed E-state index contributed by atoms with van der Waals surface area (Å²) in [5, 5.41) is 2.75. The first-order valence-corrected chi connectivity index (χ1v) is 63.1. The lowest BCUT2D eigenvalue weighted by atomic mass is 9.78. The molecule has 0 bridgehead atoms. The summed E-state index contributed by atoms with van der Waals surface area (Å²) in [6.07, 6.45) is 28.7. The number of rotatable bonds is 56. The van der Waals surface area contributed by atoms with E-state index in [4.69, 9.17) is 41.4 Å². The van der Waals surface area contributed by atoms with Gasteiger partial charge in [0.1, 0.15) is 68.1 Å². The Morgan fingerprint density at radius 1 is 0.287 bits per heavy atom. The van der Waals surface area contributed by atoms with Crippen LogP contribution in [-0.2, 0) is 82.2 Å². The van der Waals surface area contributed by atoms with E-state index in [2.05, 4.69) is 165 Å². The van der Waals surface area contributed by atoms with Crippen molar-refractivity contribution in [3.05, 3.63) is 305 Å². The fourth-order valence-corrected chi connectivity index (χ4v) is 23.4. The van der Waals surface area contributed by atoms with Gasteiger partial charge in [-0.1, -0.05) is 362 Å². The predicted molar refractivity (Wildman–Crippen MR) is 623 cm³/mol. The van der Waals surface area contributed by atoms with E-state index in [0.717, 1.165) is 107 Å². The molecule has 11 aromatic rings. The highest BCUT2D eigenvalue weighted by molar-refractivity contribution is 7.92. The van der Waals surface area contributed by atoms with Crippen LogP contribution in [0.3, 0.4) is 0 Å². The smallest absolute Gasteiger partial charge is 0.316 e. The zero-order valence-electron chi connectivity index (χ0n) is 93.4. The van der Waals surface area contributed by atoms with Crippen LogP contribution in [0.25, 0.3) is 0 Å². The van der Waals surface area contributed by atoms with Crippen molar-refractivity contribution in [1.29, 1.82) is 0 Å². The van der Waals surface area contributed by atoms with Crippen molar-refractivity contribution in [3.63, 3.8) is 0 Å². The molecular weight excluding hydrogens is 1970 g/mol. The highest BCUT2D eigenvalue weighted by Crippen LogP contribution is 2.43. The summed E-state index contributed by atoms with van der Waals surface area (Å²) >= 11 is 0. The zero-order valence-corrected chi connectivity index (χ0v) is 97.7. The third-order valence-corrected chi connectivity index (χ3v) is 33.4. The van der Waals surface area contributed by atoms with Crippen LogP contribution in [0.2, 0.25) is 19.6 Å². The van der Waals surface area contributed by atoms with E-state index in [-0.39, 0.29) is 58.7 Å². The van der Waals surface area contributed by atoms with Crippen LogP contribution in [0.5, 0.6) is 51.7 Å². The van der Waals surface area contributed by atoms with Gasteiger partial charge in [0.2, 0.25) is 19.7 Å². The standard InChI is InChI=1S/C60H76N2O12S3.C43H50O5SSi.2C8H18.C5H12.2CH4/c1-11-15-39-61(40-16-12-2)73-76(65,66)57-43-53(35-37-55(57)71-51-31-23-47(24-32-51)59(5,6)45-19-27-49(69-9)28-20-45)75(63,64)54-36-38-56(58(44-54)77(67,68)74-62(41-17-13-3)42-18-14-4)72-52-33-25-48(26-34-52)60(7,8)46-21-29-50(70-10)30-22-46;1-32-9-25-40(26-10-32)49(44,45)41-27-23-39(24-28-41)47-38-21-17-36(18-22-38)43(4,5)35-15-19-37(20-16-35)46-31-34-13-11-33(12-14-34)29-30-42(2,3)48-50(6,7)8;2*1-3-5-7-8-6-4-2;1-3-5-4-2;;/h19-38,43-44H,11-18,39-42H2,1-10H3;9-28H,29-31H2,1-8H3;2*3-8H2,1-2H3;3-5H2,1-2H3;2*1H4. The topological polar surface area (TPSA) is 226 Å². The summed E-state index contributed by atoms with van der Waals surface area (Å²) < 4.78 is 167. The fourth-order valence-electron chi connectivity index (χ4n) is 16.7. The summed E-state index contributed by atoms with van der Waals surface area (Å²) in [6, 6.07) is 75.4. The Labute approximate surface area is 908 Å². The molecular formula is C126H182N2O17S4Si. The minimum atomic E-state index is -4.76. The van der Waals surface area contributed by atoms with Crippen molar-refractivity contribution >= 4 is 48.2 Å². The third kappa shape index (κ3) is 41.8. The molecule has 0 spiro atoms. The number of sulfone groups is 2. The molecule has 0 saturated carbocycles. The van der Waals surface area contributed by atoms with Crippen LogP contribution >= 0.6 is 0 Å². The Morgan fingerprint density at radius 2 is 0.547 bits per heavy atom. The second kappa shape index (κ2) is 64.3. The Kier molecular flexibility index (Phi) is 55.9. The van der Waals surface area contributed by atoms with E-state index in [1.165, 1.54) is 142 Å². The molecule has 0 heterocycles. The van der Waals surface area contributed by atoms with Gasteiger partial charge in [0.15, 0.2) is 8.32 Å². The second-order valence-electron chi connectivity index (χ2n) is 41.3. The van der Waals surface area contributed by atoms with E-state index in [9.17, 15) is 33.7 Å². The summed E-state index contributed by atoms with van der Waals surface area (Å²) in [4.78, 5) is -1.50. The van der Waals surface area contributed by atoms with Crippen LogP contribution in [0, 0.1) is 6.92 Å². The van der Waals surface area contributed by atoms with Gasteiger partial charge in [-0.05, 0) is 269 Å². The Balaban J connectivity index is 0.000000459. The van der Waals surface area contributed by atoms with Gasteiger partial charge in [-0.25, -0.2) is 16.8 Å². The largest absolute Gasteiger partial charge is 0.497 e.